The maximum absolute atomic E-state index is 13.0. The molecule has 0 heterocycles. The van der Waals surface area contributed by atoms with Crippen LogP contribution in [0.1, 0.15) is 194 Å². The third kappa shape index (κ3) is 31.5. The van der Waals surface area contributed by atoms with E-state index in [1.807, 2.05) is 12.1 Å². The quantitative estimate of drug-likeness (QED) is 0.0618. The fourth-order valence-corrected chi connectivity index (χ4v) is 6.52. The fourth-order valence-electron chi connectivity index (χ4n) is 5.24. The van der Waals surface area contributed by atoms with Gasteiger partial charge in [-0.2, -0.15) is 0 Å². The minimum absolute atomic E-state index is 0.364. The molecule has 266 valence electrons. The van der Waals surface area contributed by atoms with Crippen LogP contribution in [-0.4, -0.2) is 24.9 Å². The van der Waals surface area contributed by atoms with Gasteiger partial charge in [-0.25, -0.2) is 4.57 Å². The molecule has 0 saturated heterocycles. The highest BCUT2D eigenvalue weighted by Gasteiger charge is 2.26. The van der Waals surface area contributed by atoms with E-state index in [1.54, 1.807) is 12.1 Å². The van der Waals surface area contributed by atoms with Gasteiger partial charge in [-0.05, 0) is 49.8 Å². The molecule has 0 aliphatic rings. The lowest BCUT2D eigenvalue weighted by atomic mass is 10.0. The Hall–Kier alpha value is -0.870. The Balaban J connectivity index is 0.00000101. The third-order valence-corrected chi connectivity index (χ3v) is 9.74. The molecular formula is C39H75O5P. The molecule has 1 rings (SSSR count). The maximum atomic E-state index is 13.0. The summed E-state index contributed by atoms with van der Waals surface area (Å²) in [5.74, 6) is 0.364. The van der Waals surface area contributed by atoms with Gasteiger partial charge in [-0.1, -0.05) is 175 Å². The van der Waals surface area contributed by atoms with E-state index in [1.165, 1.54) is 128 Å². The topological polar surface area (TPSA) is 65.0 Å². The van der Waals surface area contributed by atoms with Crippen LogP contribution in [0.15, 0.2) is 24.3 Å². The molecule has 5 nitrogen and oxygen atoms in total. The van der Waals surface area contributed by atoms with Gasteiger partial charge in [0.15, 0.2) is 0 Å². The molecular weight excluding hydrogens is 579 g/mol. The van der Waals surface area contributed by atoms with Gasteiger partial charge in [-0.3, -0.25) is 13.6 Å². The lowest BCUT2D eigenvalue weighted by Gasteiger charge is -2.18. The summed E-state index contributed by atoms with van der Waals surface area (Å²) in [6, 6.07) is 7.59. The minimum atomic E-state index is -3.40. The standard InChI is InChI=1S/C24H51O4P.C15H24O/c1-4-7-10-13-16-19-22-26-29(25,27-23-20-17-14-11-8-5-2)28-24-21-18-15-12-9-6-3;1-2-3-4-5-6-7-8-9-14-10-12-15(16)13-11-14/h4-24H2,1-3H3;10-13,16H,2-9H2,1H3. The summed E-state index contributed by atoms with van der Waals surface area (Å²) in [4.78, 5) is 0. The van der Waals surface area contributed by atoms with Crippen LogP contribution in [0.25, 0.3) is 0 Å². The molecule has 0 fully saturated rings. The van der Waals surface area contributed by atoms with Gasteiger partial charge in [-0.15, -0.1) is 0 Å². The second kappa shape index (κ2) is 34.5. The number of phosphoric acid groups is 1. The first kappa shape index (κ1) is 44.1. The highest BCUT2D eigenvalue weighted by Crippen LogP contribution is 2.50. The molecule has 0 saturated carbocycles. The van der Waals surface area contributed by atoms with Crippen LogP contribution in [0.3, 0.4) is 0 Å². The van der Waals surface area contributed by atoms with E-state index in [-0.39, 0.29) is 0 Å². The van der Waals surface area contributed by atoms with Gasteiger partial charge in [0.1, 0.15) is 5.75 Å². The first-order chi connectivity index (χ1) is 22.0. The lowest BCUT2D eigenvalue weighted by Crippen LogP contribution is -2.04. The van der Waals surface area contributed by atoms with Gasteiger partial charge in [0.2, 0.25) is 0 Å². The van der Waals surface area contributed by atoms with Crippen molar-refractivity contribution in [2.24, 2.45) is 0 Å². The van der Waals surface area contributed by atoms with Gasteiger partial charge >= 0.3 is 7.82 Å². The van der Waals surface area contributed by atoms with Crippen LogP contribution < -0.4 is 0 Å². The van der Waals surface area contributed by atoms with Gasteiger partial charge in [0, 0.05) is 0 Å². The van der Waals surface area contributed by atoms with Crippen LogP contribution in [0.4, 0.5) is 0 Å². The van der Waals surface area contributed by atoms with E-state index in [4.69, 9.17) is 18.7 Å². The van der Waals surface area contributed by atoms with Crippen LogP contribution in [-0.2, 0) is 24.6 Å². The van der Waals surface area contributed by atoms with Crippen LogP contribution in [0.5, 0.6) is 5.75 Å². The van der Waals surface area contributed by atoms with Gasteiger partial charge < -0.3 is 5.11 Å². The SMILES string of the molecule is CCCCCCCCCc1ccc(O)cc1.CCCCCCCCOP(=O)(OCCCCCCCC)OCCCCCCCC. The molecule has 0 aromatic heterocycles. The highest BCUT2D eigenvalue weighted by atomic mass is 31.2. The lowest BCUT2D eigenvalue weighted by molar-refractivity contribution is 0.108. The number of hydrogen-bond acceptors (Lipinski definition) is 5. The zero-order valence-electron chi connectivity index (χ0n) is 30.3. The highest BCUT2D eigenvalue weighted by molar-refractivity contribution is 7.48. The summed E-state index contributed by atoms with van der Waals surface area (Å²) >= 11 is 0. The maximum Gasteiger partial charge on any atom is 0.474 e. The number of unbranched alkanes of at least 4 members (excludes halogenated alkanes) is 21. The van der Waals surface area contributed by atoms with Gasteiger partial charge in [0.05, 0.1) is 19.8 Å². The second-order valence-electron chi connectivity index (χ2n) is 12.8. The monoisotopic (exact) mass is 655 g/mol. The van der Waals surface area contributed by atoms with Crippen molar-refractivity contribution in [1.29, 1.82) is 0 Å². The number of aryl methyl sites for hydroxylation is 1. The van der Waals surface area contributed by atoms with Crippen molar-refractivity contribution < 1.29 is 23.2 Å². The smallest absolute Gasteiger partial charge is 0.474 e. The summed E-state index contributed by atoms with van der Waals surface area (Å²) in [7, 11) is -3.40. The average Bonchev–Trinajstić information content (AvgIpc) is 3.04. The van der Waals surface area contributed by atoms with E-state index in [0.29, 0.717) is 25.6 Å². The first-order valence-corrected chi connectivity index (χ1v) is 20.8. The van der Waals surface area contributed by atoms with Crippen molar-refractivity contribution in [1.82, 2.24) is 0 Å². The fraction of sp³-hybridized carbons (Fsp3) is 0.846. The van der Waals surface area contributed by atoms with Gasteiger partial charge in [0.25, 0.3) is 0 Å². The van der Waals surface area contributed by atoms with Crippen molar-refractivity contribution in [2.45, 2.75) is 195 Å². The first-order valence-electron chi connectivity index (χ1n) is 19.3. The van der Waals surface area contributed by atoms with Crippen molar-refractivity contribution in [3.8, 4) is 5.75 Å². The summed E-state index contributed by atoms with van der Waals surface area (Å²) in [6.07, 6.45) is 31.9. The number of phenols is 1. The molecule has 0 unspecified atom stereocenters. The van der Waals surface area contributed by atoms with Crippen molar-refractivity contribution in [2.75, 3.05) is 19.8 Å². The van der Waals surface area contributed by atoms with E-state index in [2.05, 4.69) is 27.7 Å². The van der Waals surface area contributed by atoms with Crippen molar-refractivity contribution >= 4 is 7.82 Å². The van der Waals surface area contributed by atoms with E-state index < -0.39 is 7.82 Å². The van der Waals surface area contributed by atoms with E-state index in [9.17, 15) is 4.57 Å². The molecule has 1 N–H and O–H groups in total. The summed E-state index contributed by atoms with van der Waals surface area (Å²) < 4.78 is 29.9. The van der Waals surface area contributed by atoms with Crippen molar-refractivity contribution in [3.63, 3.8) is 0 Å². The number of hydrogen-bond donors (Lipinski definition) is 1. The molecule has 6 heteroatoms. The van der Waals surface area contributed by atoms with Crippen LogP contribution in [0, 0.1) is 0 Å². The zero-order valence-corrected chi connectivity index (χ0v) is 31.2. The van der Waals surface area contributed by atoms with E-state index >= 15 is 0 Å². The molecule has 0 radical (unpaired) electrons. The molecule has 0 spiro atoms. The molecule has 0 bridgehead atoms. The number of phenolic OH excluding ortho intramolecular Hbond substituents is 1. The third-order valence-electron chi connectivity index (χ3n) is 8.25. The molecule has 0 aliphatic carbocycles. The van der Waals surface area contributed by atoms with Crippen molar-refractivity contribution in [3.05, 3.63) is 29.8 Å². The van der Waals surface area contributed by atoms with E-state index in [0.717, 1.165) is 44.9 Å². The Morgan fingerprint density at radius 2 is 0.733 bits per heavy atom. The summed E-state index contributed by atoms with van der Waals surface area (Å²) in [5.41, 5.74) is 1.34. The Bertz CT molecular complexity index is 702. The molecule has 0 amide bonds. The normalized spacial score (nSPS) is 11.5. The number of phosphoric ester groups is 1. The summed E-state index contributed by atoms with van der Waals surface area (Å²) in [5, 5.41) is 9.15. The Kier molecular flexibility index (Phi) is 33.8. The predicted molar refractivity (Wildman–Crippen MR) is 195 cm³/mol. The Labute approximate surface area is 280 Å². The number of rotatable bonds is 32. The minimum Gasteiger partial charge on any atom is -0.508 e. The Morgan fingerprint density at radius 3 is 1.07 bits per heavy atom. The second-order valence-corrected chi connectivity index (χ2v) is 14.5. The molecule has 0 atom stereocenters. The number of aromatic hydroxyl groups is 1. The molecule has 1 aromatic rings. The van der Waals surface area contributed by atoms with Crippen LogP contribution >= 0.6 is 7.82 Å². The Morgan fingerprint density at radius 1 is 0.444 bits per heavy atom. The molecule has 1 aromatic carbocycles. The summed E-state index contributed by atoms with van der Waals surface area (Å²) in [6.45, 7) is 10.3. The molecule has 45 heavy (non-hydrogen) atoms. The van der Waals surface area contributed by atoms with Crippen LogP contribution in [0.2, 0.25) is 0 Å². The average molecular weight is 655 g/mol. The predicted octanol–water partition coefficient (Wildman–Crippen LogP) is 13.9. The molecule has 0 aliphatic heterocycles. The number of benzene rings is 1. The zero-order chi connectivity index (χ0) is 33.1. The largest absolute Gasteiger partial charge is 0.508 e.